The summed E-state index contributed by atoms with van der Waals surface area (Å²) in [5, 5.41) is 13.7. The largest absolute Gasteiger partial charge is 0.450 e. The van der Waals surface area contributed by atoms with E-state index in [-0.39, 0.29) is 12.1 Å². The maximum absolute atomic E-state index is 11.8. The zero-order chi connectivity index (χ0) is 17.6. The topological polar surface area (TPSA) is 67.3 Å². The second-order valence-corrected chi connectivity index (χ2v) is 6.61. The highest BCUT2D eigenvalue weighted by Gasteiger charge is 2.23. The molecule has 7 heteroatoms. The summed E-state index contributed by atoms with van der Waals surface area (Å²) in [7, 11) is 0. The van der Waals surface area contributed by atoms with E-state index in [0.717, 1.165) is 55.4 Å². The van der Waals surface area contributed by atoms with Gasteiger partial charge in [0.15, 0.2) is 11.0 Å². The van der Waals surface area contributed by atoms with Gasteiger partial charge in [-0.3, -0.25) is 0 Å². The maximum Gasteiger partial charge on any atom is 0.407 e. The number of anilines is 1. The van der Waals surface area contributed by atoms with Gasteiger partial charge in [0.25, 0.3) is 0 Å². The number of piperidine rings is 1. The lowest BCUT2D eigenvalue weighted by molar-refractivity contribution is 0.139. The molecule has 2 aromatic rings. The number of alkyl carbamates (subject to hydrolysis) is 1. The zero-order valence-electron chi connectivity index (χ0n) is 14.4. The number of rotatable bonds is 5. The van der Waals surface area contributed by atoms with Crippen molar-refractivity contribution in [3.8, 4) is 0 Å². The van der Waals surface area contributed by atoms with Crippen molar-refractivity contribution in [2.75, 3.05) is 24.6 Å². The molecule has 0 atom stereocenters. The Balaban J connectivity index is 1.60. The zero-order valence-corrected chi connectivity index (χ0v) is 15.1. The molecule has 0 spiro atoms. The molecule has 1 saturated heterocycles. The molecule has 1 fully saturated rings. The molecule has 0 aliphatic carbocycles. The normalized spacial score (nSPS) is 15.4. The molecule has 1 aromatic heterocycles. The summed E-state index contributed by atoms with van der Waals surface area (Å²) in [5.74, 6) is 0.851. The molecule has 3 rings (SSSR count). The highest BCUT2D eigenvalue weighted by Crippen LogP contribution is 2.29. The van der Waals surface area contributed by atoms with Gasteiger partial charge in [0, 0.05) is 29.9 Å². The van der Waals surface area contributed by atoms with Crippen LogP contribution >= 0.6 is 11.6 Å². The number of carbonyl (C=O) groups excluding carboxylic acids is 1. The molecule has 25 heavy (non-hydrogen) atoms. The highest BCUT2D eigenvalue weighted by molar-refractivity contribution is 6.34. The second kappa shape index (κ2) is 8.34. The molecule has 1 aliphatic rings. The van der Waals surface area contributed by atoms with Crippen LogP contribution in [0.5, 0.6) is 0 Å². The van der Waals surface area contributed by atoms with Gasteiger partial charge >= 0.3 is 6.09 Å². The van der Waals surface area contributed by atoms with Crippen LogP contribution in [0.15, 0.2) is 24.3 Å². The second-order valence-electron chi connectivity index (χ2n) is 6.26. The minimum atomic E-state index is -0.316. The molecule has 134 valence electrons. The molecule has 1 amide bonds. The molecule has 1 N–H and O–H groups in total. The van der Waals surface area contributed by atoms with Crippen LogP contribution in [-0.4, -0.2) is 42.0 Å². The van der Waals surface area contributed by atoms with Crippen LogP contribution in [0.2, 0.25) is 5.15 Å². The lowest BCUT2D eigenvalue weighted by Crippen LogP contribution is -2.45. The van der Waals surface area contributed by atoms with Gasteiger partial charge < -0.3 is 15.0 Å². The molecule has 1 aromatic carbocycles. The van der Waals surface area contributed by atoms with E-state index in [1.54, 1.807) is 0 Å². The number of nitrogens with one attached hydrogen (secondary N) is 1. The number of fused-ring (bicyclic) bond motifs is 1. The number of nitrogens with zero attached hydrogens (tertiary/aromatic N) is 3. The molecule has 0 unspecified atom stereocenters. The van der Waals surface area contributed by atoms with E-state index < -0.39 is 0 Å². The SMILES string of the molecule is CCCCOC(=O)NC1CCN(c2nnc(Cl)c3ccccc23)CC1. The average molecular weight is 363 g/mol. The number of hydrogen-bond acceptors (Lipinski definition) is 5. The van der Waals surface area contributed by atoms with Gasteiger partial charge in [0.2, 0.25) is 0 Å². The molecule has 2 heterocycles. The minimum Gasteiger partial charge on any atom is -0.450 e. The third-order valence-electron chi connectivity index (χ3n) is 4.47. The lowest BCUT2D eigenvalue weighted by Gasteiger charge is -2.33. The molecule has 0 radical (unpaired) electrons. The van der Waals surface area contributed by atoms with Gasteiger partial charge in [-0.25, -0.2) is 4.79 Å². The summed E-state index contributed by atoms with van der Waals surface area (Å²) in [4.78, 5) is 14.0. The number of amides is 1. The first kappa shape index (κ1) is 17.7. The molecule has 0 saturated carbocycles. The van der Waals surface area contributed by atoms with Crippen molar-refractivity contribution in [3.05, 3.63) is 29.4 Å². The van der Waals surface area contributed by atoms with Crippen molar-refractivity contribution in [1.29, 1.82) is 0 Å². The Kier molecular flexibility index (Phi) is 5.91. The number of carbonyl (C=O) groups is 1. The van der Waals surface area contributed by atoms with Crippen molar-refractivity contribution >= 4 is 34.3 Å². The van der Waals surface area contributed by atoms with Crippen LogP contribution < -0.4 is 10.2 Å². The fourth-order valence-corrected chi connectivity index (χ4v) is 3.25. The third-order valence-corrected chi connectivity index (χ3v) is 4.75. The average Bonchev–Trinajstić information content (AvgIpc) is 2.63. The first-order valence-electron chi connectivity index (χ1n) is 8.78. The molecular formula is C18H23ClN4O2. The van der Waals surface area contributed by atoms with Gasteiger partial charge in [-0.1, -0.05) is 49.2 Å². The Bertz CT molecular complexity index is 732. The number of halogens is 1. The monoisotopic (exact) mass is 362 g/mol. The van der Waals surface area contributed by atoms with Gasteiger partial charge in [-0.15, -0.1) is 10.2 Å². The number of aromatic nitrogens is 2. The summed E-state index contributed by atoms with van der Waals surface area (Å²) in [6.07, 6.45) is 3.29. The van der Waals surface area contributed by atoms with Gasteiger partial charge in [0.05, 0.1) is 6.61 Å². The molecule has 1 aliphatic heterocycles. The van der Waals surface area contributed by atoms with Crippen LogP contribution in [0.25, 0.3) is 10.8 Å². The van der Waals surface area contributed by atoms with Crippen molar-refractivity contribution in [2.24, 2.45) is 0 Å². The van der Waals surface area contributed by atoms with Crippen molar-refractivity contribution in [3.63, 3.8) is 0 Å². The summed E-state index contributed by atoms with van der Waals surface area (Å²) in [6, 6.07) is 8.03. The van der Waals surface area contributed by atoms with Crippen LogP contribution in [0.3, 0.4) is 0 Å². The number of ether oxygens (including phenoxy) is 1. The Hall–Kier alpha value is -2.08. The van der Waals surface area contributed by atoms with Crippen molar-refractivity contribution in [1.82, 2.24) is 15.5 Å². The summed E-state index contributed by atoms with van der Waals surface area (Å²) < 4.78 is 5.17. The quantitative estimate of drug-likeness (QED) is 0.820. The summed E-state index contributed by atoms with van der Waals surface area (Å²) in [6.45, 7) is 4.16. The Labute approximate surface area is 152 Å². The van der Waals surface area contributed by atoms with Gasteiger partial charge in [-0.05, 0) is 19.3 Å². The van der Waals surface area contributed by atoms with E-state index in [2.05, 4.69) is 27.3 Å². The fraction of sp³-hybridized carbons (Fsp3) is 0.500. The van der Waals surface area contributed by atoms with E-state index in [1.165, 1.54) is 0 Å². The third kappa shape index (κ3) is 4.31. The smallest absolute Gasteiger partial charge is 0.407 e. The minimum absolute atomic E-state index is 0.136. The molecular weight excluding hydrogens is 340 g/mol. The van der Waals surface area contributed by atoms with E-state index >= 15 is 0 Å². The fourth-order valence-electron chi connectivity index (χ4n) is 3.04. The maximum atomic E-state index is 11.8. The molecule has 6 nitrogen and oxygen atoms in total. The van der Waals surface area contributed by atoms with Crippen LogP contribution in [-0.2, 0) is 4.74 Å². The summed E-state index contributed by atoms with van der Waals surface area (Å²) >= 11 is 6.15. The van der Waals surface area contributed by atoms with E-state index in [9.17, 15) is 4.79 Å². The Morgan fingerprint density at radius 1 is 1.28 bits per heavy atom. The lowest BCUT2D eigenvalue weighted by atomic mass is 10.0. The number of benzene rings is 1. The van der Waals surface area contributed by atoms with Gasteiger partial charge in [0.1, 0.15) is 0 Å². The Morgan fingerprint density at radius 2 is 2.00 bits per heavy atom. The predicted molar refractivity (Wildman–Crippen MR) is 99.2 cm³/mol. The van der Waals surface area contributed by atoms with Crippen LogP contribution in [0.4, 0.5) is 10.6 Å². The van der Waals surface area contributed by atoms with Gasteiger partial charge in [-0.2, -0.15) is 0 Å². The van der Waals surface area contributed by atoms with E-state index in [0.29, 0.717) is 11.8 Å². The molecule has 0 bridgehead atoms. The Morgan fingerprint density at radius 3 is 2.72 bits per heavy atom. The van der Waals surface area contributed by atoms with E-state index in [4.69, 9.17) is 16.3 Å². The first-order valence-corrected chi connectivity index (χ1v) is 9.16. The predicted octanol–water partition coefficient (Wildman–Crippen LogP) is 3.78. The van der Waals surface area contributed by atoms with Crippen LogP contribution in [0, 0.1) is 0 Å². The standard InChI is InChI=1S/C18H23ClN4O2/c1-2-3-12-25-18(24)20-13-8-10-23(11-9-13)17-15-7-5-4-6-14(15)16(19)21-22-17/h4-7,13H,2-3,8-12H2,1H3,(H,20,24). The van der Waals surface area contributed by atoms with Crippen molar-refractivity contribution in [2.45, 2.75) is 38.6 Å². The first-order chi connectivity index (χ1) is 12.2. The van der Waals surface area contributed by atoms with Crippen LogP contribution in [0.1, 0.15) is 32.6 Å². The number of unbranched alkanes of at least 4 members (excludes halogenated alkanes) is 1. The number of hydrogen-bond donors (Lipinski definition) is 1. The highest BCUT2D eigenvalue weighted by atomic mass is 35.5. The summed E-state index contributed by atoms with van der Waals surface area (Å²) in [5.41, 5.74) is 0. The van der Waals surface area contributed by atoms with Crippen molar-refractivity contribution < 1.29 is 9.53 Å². The van der Waals surface area contributed by atoms with E-state index in [1.807, 2.05) is 24.3 Å².